The highest BCUT2D eigenvalue weighted by atomic mass is 32.2. The number of epoxide rings is 1. The summed E-state index contributed by atoms with van der Waals surface area (Å²) in [6, 6.07) is 0. The van der Waals surface area contributed by atoms with E-state index in [-0.39, 0.29) is 54.6 Å². The minimum Gasteiger partial charge on any atom is -0.370 e. The van der Waals surface area contributed by atoms with E-state index >= 15 is 0 Å². The highest BCUT2D eigenvalue weighted by molar-refractivity contribution is 8.15. The maximum absolute atomic E-state index is 11.6. The monoisotopic (exact) mass is 665 g/mol. The van der Waals surface area contributed by atoms with E-state index in [1.54, 1.807) is 6.92 Å². The van der Waals surface area contributed by atoms with Gasteiger partial charge in [0.15, 0.2) is 0 Å². The first-order valence-corrected chi connectivity index (χ1v) is 18.7. The van der Waals surface area contributed by atoms with Gasteiger partial charge < -0.3 is 27.4 Å². The molecule has 12 heteroatoms. The zero-order valence-corrected chi connectivity index (χ0v) is 29.7. The number of hydrogen-bond acceptors (Lipinski definition) is 8. The summed E-state index contributed by atoms with van der Waals surface area (Å²) in [6.07, 6.45) is 17.3. The average Bonchev–Trinajstić information content (AvgIpc) is 3.73. The van der Waals surface area contributed by atoms with Crippen LogP contribution in [0.2, 0.25) is 0 Å². The van der Waals surface area contributed by atoms with E-state index in [0.717, 1.165) is 63.9 Å². The summed E-state index contributed by atoms with van der Waals surface area (Å²) in [5, 5.41) is 0. The lowest BCUT2D eigenvalue weighted by molar-refractivity contribution is -0.118. The highest BCUT2D eigenvalue weighted by Crippen LogP contribution is 2.37. The van der Waals surface area contributed by atoms with Gasteiger partial charge in [0, 0.05) is 28.7 Å². The van der Waals surface area contributed by atoms with Crippen LogP contribution in [0.4, 0.5) is 0 Å². The van der Waals surface area contributed by atoms with Crippen molar-refractivity contribution in [1.29, 1.82) is 1.34 Å². The van der Waals surface area contributed by atoms with Gasteiger partial charge in [0.1, 0.15) is 19.5 Å². The summed E-state index contributed by atoms with van der Waals surface area (Å²) in [4.78, 5) is 11.6. The molecule has 2 unspecified atom stereocenters. The summed E-state index contributed by atoms with van der Waals surface area (Å²) < 4.78 is 42.9. The number of carbonyl (C=O) groups is 1. The second-order valence-corrected chi connectivity index (χ2v) is 14.5. The van der Waals surface area contributed by atoms with Crippen LogP contribution in [-0.2, 0) is 32.2 Å². The lowest BCUT2D eigenvalue weighted by Gasteiger charge is -2.30. The predicted molar refractivity (Wildman–Crippen MR) is 187 cm³/mol. The molecule has 7 nitrogen and oxygen atoms in total. The summed E-state index contributed by atoms with van der Waals surface area (Å²) in [7, 11) is 8.52. The maximum atomic E-state index is 11.6. The van der Waals surface area contributed by atoms with E-state index in [2.05, 4.69) is 54.2 Å². The first-order chi connectivity index (χ1) is 21.6. The molecule has 0 aromatic carbocycles. The Morgan fingerprint density at radius 1 is 1.34 bits per heavy atom. The molecular formula is C32H51B2O7P2S. The van der Waals surface area contributed by atoms with Crippen molar-refractivity contribution in [2.75, 3.05) is 13.3 Å². The van der Waals surface area contributed by atoms with Crippen LogP contribution in [0.1, 0.15) is 78.6 Å². The first-order valence-electron chi connectivity index (χ1n) is 16.3. The van der Waals surface area contributed by atoms with Crippen molar-refractivity contribution < 1.29 is 32.2 Å². The molecule has 0 saturated carbocycles. The smallest absolute Gasteiger partial charge is 0.209 e. The van der Waals surface area contributed by atoms with Crippen molar-refractivity contribution in [3.05, 3.63) is 48.1 Å². The average molecular weight is 665 g/mol. The standard InChI is InChI=1S/C32H51B2O7P2S/c1-21(15-23(3)17-26-7-6-8-27(37-26)19-28(41-44-34)18-24(4)35)9-11-29-31(38-29)20-32(39-42)30(40-43(5)33)12-10-25-16-22(2)13-14-36-25/h6,8,10,12-13,23,25-32,34H,1,7,9,11,14-20,42H2,2-5H3/b12-10+/t23-,25+,26-,27-,28+,29-,30+,31-,32+,43?/m0/s1/i34T. The number of hydrogen-bond donors (Lipinski definition) is 0. The maximum Gasteiger partial charge on any atom is 0.209 e. The van der Waals surface area contributed by atoms with Gasteiger partial charge in [-0.25, -0.2) is 0 Å². The highest BCUT2D eigenvalue weighted by Gasteiger charge is 2.41. The molecule has 44 heavy (non-hydrogen) atoms. The Kier molecular flexibility index (Phi) is 16.8. The van der Waals surface area contributed by atoms with Crippen LogP contribution >= 0.6 is 29.4 Å². The van der Waals surface area contributed by atoms with Crippen molar-refractivity contribution in [2.24, 2.45) is 5.92 Å². The minimum absolute atomic E-state index is 0.0372. The quantitative estimate of drug-likeness (QED) is 0.0412. The van der Waals surface area contributed by atoms with Crippen LogP contribution in [0.5, 0.6) is 0 Å². The molecular weight excluding hydrogens is 612 g/mol. The van der Waals surface area contributed by atoms with Gasteiger partial charge in [-0.3, -0.25) is 4.79 Å². The van der Waals surface area contributed by atoms with Gasteiger partial charge in [-0.15, -0.1) is 0 Å². The second kappa shape index (κ2) is 20.2. The Morgan fingerprint density at radius 2 is 2.16 bits per heavy atom. The molecule has 1 saturated heterocycles. The van der Waals surface area contributed by atoms with Gasteiger partial charge >= 0.3 is 0 Å². The first kappa shape index (κ1) is 36.6. The summed E-state index contributed by atoms with van der Waals surface area (Å²) in [6.45, 7) is 12.8. The Balaban J connectivity index is 1.38. The Morgan fingerprint density at radius 3 is 2.86 bits per heavy atom. The third-order valence-corrected chi connectivity index (χ3v) is 9.47. The molecule has 0 aromatic rings. The molecule has 0 aromatic heterocycles. The van der Waals surface area contributed by atoms with Crippen molar-refractivity contribution in [2.45, 2.75) is 127 Å². The number of rotatable bonds is 22. The van der Waals surface area contributed by atoms with Gasteiger partial charge in [0.05, 0.1) is 49.3 Å². The van der Waals surface area contributed by atoms with Gasteiger partial charge in [-0.1, -0.05) is 66.9 Å². The Hall–Kier alpha value is -0.270. The van der Waals surface area contributed by atoms with E-state index in [1.165, 1.54) is 11.1 Å². The molecule has 3 aliphatic heterocycles. The van der Waals surface area contributed by atoms with Crippen molar-refractivity contribution in [1.82, 2.24) is 0 Å². The molecule has 1 fully saturated rings. The Labute approximate surface area is 277 Å². The molecule has 3 radical (unpaired) electrons. The van der Waals surface area contributed by atoms with Crippen LogP contribution < -0.4 is 0 Å². The lowest BCUT2D eigenvalue weighted by Crippen LogP contribution is -2.30. The topological polar surface area (TPSA) is 75.8 Å². The lowest BCUT2D eigenvalue weighted by atomic mass is 9.91. The number of allylic oxidation sites excluding steroid dienone is 1. The van der Waals surface area contributed by atoms with Crippen molar-refractivity contribution >= 4 is 49.8 Å². The number of Topliss-reactive ketones (excluding diaryl/α,β-unsaturated/α-hetero) is 1. The molecule has 3 rings (SSSR count). The molecule has 3 heterocycles. The summed E-state index contributed by atoms with van der Waals surface area (Å²) in [5.41, 5.74) is 2.57. The third kappa shape index (κ3) is 14.7. The molecule has 0 N–H and O–H groups in total. The molecule has 0 amide bonds. The van der Waals surface area contributed by atoms with Gasteiger partial charge in [0.25, 0.3) is 0 Å². The minimum atomic E-state index is -1.06. The fourth-order valence-corrected chi connectivity index (χ4v) is 7.15. The van der Waals surface area contributed by atoms with Gasteiger partial charge in [-0.2, -0.15) is 0 Å². The second-order valence-electron chi connectivity index (χ2n) is 12.5. The molecule has 243 valence electrons. The zero-order chi connectivity index (χ0) is 32.8. The van der Waals surface area contributed by atoms with E-state index in [9.17, 15) is 4.79 Å². The number of carbonyl (C=O) groups excluding carboxylic acids is 1. The number of ether oxygens (including phenoxy) is 3. The van der Waals surface area contributed by atoms with Crippen molar-refractivity contribution in [3.8, 4) is 0 Å². The van der Waals surface area contributed by atoms with E-state index in [1.807, 2.05) is 12.7 Å². The Bertz CT molecular complexity index is 1020. The molecule has 0 bridgehead atoms. The number of ketones is 1. The zero-order valence-electron chi connectivity index (χ0n) is 27.8. The van der Waals surface area contributed by atoms with Crippen LogP contribution in [0, 0.1) is 5.92 Å². The summed E-state index contributed by atoms with van der Waals surface area (Å²) in [5.74, 6) is 0.510. The van der Waals surface area contributed by atoms with Crippen molar-refractivity contribution in [3.63, 3.8) is 0 Å². The fraction of sp³-hybridized carbons (Fsp3) is 0.719. The fourth-order valence-electron chi connectivity index (χ4n) is 5.99. The molecule has 0 spiro atoms. The SMILES string of the molecule is [3H][B]SO[C@H](CC(C)=O)C[C@@H]1C=CC[C@@H](C[C@@H](C)CC(=C)CC[C@@H]2O[C@H]2C[C@@H](OP)[C@@H](/C=C/[C@@H]2CC(C)=CCO2)OP([B])C)O1. The van der Waals surface area contributed by atoms with Crippen LogP contribution in [0.15, 0.2) is 48.1 Å². The van der Waals surface area contributed by atoms with E-state index in [4.69, 9.17) is 36.3 Å². The molecule has 0 aliphatic carbocycles. The van der Waals surface area contributed by atoms with Gasteiger partial charge in [0.2, 0.25) is 7.09 Å². The van der Waals surface area contributed by atoms with Crippen LogP contribution in [0.25, 0.3) is 0 Å². The summed E-state index contributed by atoms with van der Waals surface area (Å²) >= 11 is 0.956. The molecule has 11 atom stereocenters. The largest absolute Gasteiger partial charge is 0.370 e. The normalized spacial score (nSPS) is 28.9. The van der Waals surface area contributed by atoms with E-state index < -0.39 is 8.03 Å². The van der Waals surface area contributed by atoms with Gasteiger partial charge in [-0.05, 0) is 74.3 Å². The third-order valence-electron chi connectivity index (χ3n) is 8.17. The van der Waals surface area contributed by atoms with E-state index in [0.29, 0.717) is 25.4 Å². The predicted octanol–water partition coefficient (Wildman–Crippen LogP) is 6.79. The van der Waals surface area contributed by atoms with Crippen LogP contribution in [0.3, 0.4) is 0 Å². The van der Waals surface area contributed by atoms with Crippen LogP contribution in [-0.4, -0.2) is 83.9 Å². The molecule has 3 aliphatic rings.